The van der Waals surface area contributed by atoms with E-state index in [9.17, 15) is 24.3 Å². The van der Waals surface area contributed by atoms with Gasteiger partial charge in [0.15, 0.2) is 5.78 Å². The number of amides is 2. The normalized spacial score (nSPS) is 14.0. The number of hydrogen-bond donors (Lipinski definition) is 4. The quantitative estimate of drug-likeness (QED) is 0.238. The maximum Gasteiger partial charge on any atom is 0.306 e. The summed E-state index contributed by atoms with van der Waals surface area (Å²) < 4.78 is 0. The summed E-state index contributed by atoms with van der Waals surface area (Å²) in [6.45, 7) is 7.63. The van der Waals surface area contributed by atoms with E-state index in [-0.39, 0.29) is 29.9 Å². The Kier molecular flexibility index (Phi) is 12.5. The van der Waals surface area contributed by atoms with E-state index in [0.29, 0.717) is 30.7 Å². The van der Waals surface area contributed by atoms with Crippen LogP contribution in [0.1, 0.15) is 58.9 Å². The third-order valence-electron chi connectivity index (χ3n) is 5.37. The smallest absolute Gasteiger partial charge is 0.306 e. The second kappa shape index (κ2) is 14.5. The molecular formula is C25H36N2O5S. The zero-order chi connectivity index (χ0) is 25.0. The first-order valence-corrected chi connectivity index (χ1v) is 11.9. The zero-order valence-electron chi connectivity index (χ0n) is 19.8. The van der Waals surface area contributed by atoms with Crippen molar-refractivity contribution in [2.24, 2.45) is 17.8 Å². The Morgan fingerprint density at radius 2 is 1.73 bits per heavy atom. The molecule has 0 bridgehead atoms. The molecule has 1 aromatic rings. The van der Waals surface area contributed by atoms with E-state index in [0.717, 1.165) is 5.56 Å². The largest absolute Gasteiger partial charge is 0.481 e. The minimum atomic E-state index is -0.989. The lowest BCUT2D eigenvalue weighted by Gasteiger charge is -2.24. The molecule has 1 aromatic carbocycles. The highest BCUT2D eigenvalue weighted by Gasteiger charge is 2.30. The molecule has 0 fully saturated rings. The van der Waals surface area contributed by atoms with Gasteiger partial charge in [0.25, 0.3) is 0 Å². The summed E-state index contributed by atoms with van der Waals surface area (Å²) in [6.07, 6.45) is 4.26. The molecule has 0 aliphatic rings. The standard InChI is InChI=1S/C25H36N2O5S/c1-5-17(4)24(21(28)15-19(25(31)32)14-16(2)3)27-22(29)11-8-18-6-9-20(10-7-18)26-23(30)12-13-33/h6-11,16-17,19,24,33H,5,12-15H2,1-4H3,(H,26,30)(H,27,29)(H,31,32)/b11-8+/t17?,19-,24+/m1/s1. The molecule has 1 rings (SSSR count). The molecule has 0 aliphatic carbocycles. The number of rotatable bonds is 14. The van der Waals surface area contributed by atoms with Gasteiger partial charge in [0.2, 0.25) is 11.8 Å². The van der Waals surface area contributed by atoms with E-state index in [1.54, 1.807) is 30.3 Å². The Hall–Kier alpha value is -2.61. The number of nitrogens with one attached hydrogen (secondary N) is 2. The second-order valence-electron chi connectivity index (χ2n) is 8.68. The van der Waals surface area contributed by atoms with E-state index in [1.807, 2.05) is 27.7 Å². The van der Waals surface area contributed by atoms with Gasteiger partial charge in [-0.15, -0.1) is 0 Å². The number of anilines is 1. The van der Waals surface area contributed by atoms with Gasteiger partial charge in [-0.25, -0.2) is 0 Å². The summed E-state index contributed by atoms with van der Waals surface area (Å²) in [5.74, 6) is -2.05. The van der Waals surface area contributed by atoms with Crippen LogP contribution in [-0.4, -0.2) is 40.5 Å². The Balaban J connectivity index is 2.80. The minimum absolute atomic E-state index is 0.104. The third kappa shape index (κ3) is 10.7. The fourth-order valence-electron chi connectivity index (χ4n) is 3.36. The number of carbonyl (C=O) groups is 4. The molecule has 3 atom stereocenters. The summed E-state index contributed by atoms with van der Waals surface area (Å²) in [5, 5.41) is 15.0. The maximum absolute atomic E-state index is 12.9. The lowest BCUT2D eigenvalue weighted by Crippen LogP contribution is -2.45. The predicted molar refractivity (Wildman–Crippen MR) is 134 cm³/mol. The van der Waals surface area contributed by atoms with E-state index in [2.05, 4.69) is 23.3 Å². The number of carboxylic acid groups (broad SMARTS) is 1. The van der Waals surface area contributed by atoms with Gasteiger partial charge in [-0.3, -0.25) is 19.2 Å². The van der Waals surface area contributed by atoms with Crippen molar-refractivity contribution in [3.63, 3.8) is 0 Å². The van der Waals surface area contributed by atoms with Crippen LogP contribution in [0.5, 0.6) is 0 Å². The van der Waals surface area contributed by atoms with E-state index >= 15 is 0 Å². The molecule has 0 aromatic heterocycles. The molecular weight excluding hydrogens is 440 g/mol. The number of Topliss-reactive ketones (excluding diaryl/α,β-unsaturated/α-hetero) is 1. The Morgan fingerprint density at radius 1 is 1.09 bits per heavy atom. The fraction of sp³-hybridized carbons (Fsp3) is 0.520. The summed E-state index contributed by atoms with van der Waals surface area (Å²) in [6, 6.07) is 6.26. The minimum Gasteiger partial charge on any atom is -0.481 e. The lowest BCUT2D eigenvalue weighted by atomic mass is 9.86. The van der Waals surface area contributed by atoms with E-state index < -0.39 is 23.8 Å². The van der Waals surface area contributed by atoms with Gasteiger partial charge in [0, 0.05) is 24.6 Å². The van der Waals surface area contributed by atoms with Crippen molar-refractivity contribution >= 4 is 48.0 Å². The van der Waals surface area contributed by atoms with E-state index in [4.69, 9.17) is 0 Å². The van der Waals surface area contributed by atoms with E-state index in [1.165, 1.54) is 6.08 Å². The number of thiol groups is 1. The van der Waals surface area contributed by atoms with Crippen LogP contribution in [0.2, 0.25) is 0 Å². The first-order chi connectivity index (χ1) is 15.6. The molecule has 2 amide bonds. The summed E-state index contributed by atoms with van der Waals surface area (Å²) in [7, 11) is 0. The van der Waals surface area contributed by atoms with Crippen molar-refractivity contribution in [3.8, 4) is 0 Å². The first kappa shape index (κ1) is 28.4. The van der Waals surface area contributed by atoms with Gasteiger partial charge in [0.05, 0.1) is 12.0 Å². The Labute approximate surface area is 201 Å². The molecule has 0 radical (unpaired) electrons. The molecule has 0 aliphatic heterocycles. The van der Waals surface area contributed by atoms with Gasteiger partial charge >= 0.3 is 5.97 Å². The maximum atomic E-state index is 12.9. The molecule has 7 nitrogen and oxygen atoms in total. The Morgan fingerprint density at radius 3 is 2.24 bits per heavy atom. The molecule has 0 saturated carbocycles. The van der Waals surface area contributed by atoms with Crippen molar-refractivity contribution in [2.45, 2.75) is 59.4 Å². The van der Waals surface area contributed by atoms with Crippen molar-refractivity contribution in [1.82, 2.24) is 5.32 Å². The lowest BCUT2D eigenvalue weighted by molar-refractivity contribution is -0.144. The van der Waals surface area contributed by atoms with Crippen LogP contribution in [0.25, 0.3) is 6.08 Å². The molecule has 0 heterocycles. The van der Waals surface area contributed by atoms with Crippen LogP contribution in [0.15, 0.2) is 30.3 Å². The fourth-order valence-corrected chi connectivity index (χ4v) is 3.57. The molecule has 8 heteroatoms. The SMILES string of the molecule is CCC(C)[C@H](NC(=O)/C=C/c1ccc(NC(=O)CCS)cc1)C(=O)C[C@@H](CC(C)C)C(=O)O. The number of benzene rings is 1. The van der Waals surface area contributed by atoms with Crippen LogP contribution in [0.4, 0.5) is 5.69 Å². The average molecular weight is 477 g/mol. The zero-order valence-corrected chi connectivity index (χ0v) is 20.7. The highest BCUT2D eigenvalue weighted by Crippen LogP contribution is 2.20. The van der Waals surface area contributed by atoms with Crippen molar-refractivity contribution in [1.29, 1.82) is 0 Å². The predicted octanol–water partition coefficient (Wildman–Crippen LogP) is 4.20. The molecule has 0 spiro atoms. The van der Waals surface area contributed by atoms with Crippen LogP contribution < -0.4 is 10.6 Å². The average Bonchev–Trinajstić information content (AvgIpc) is 2.75. The monoisotopic (exact) mass is 476 g/mol. The van der Waals surface area contributed by atoms with Crippen molar-refractivity contribution < 1.29 is 24.3 Å². The first-order valence-electron chi connectivity index (χ1n) is 11.3. The van der Waals surface area contributed by atoms with Gasteiger partial charge < -0.3 is 15.7 Å². The number of carbonyl (C=O) groups excluding carboxylic acids is 3. The van der Waals surface area contributed by atoms with Gasteiger partial charge in [-0.1, -0.05) is 46.2 Å². The molecule has 182 valence electrons. The number of carboxylic acids is 1. The van der Waals surface area contributed by atoms with Gasteiger partial charge in [-0.05, 0) is 47.8 Å². The third-order valence-corrected chi connectivity index (χ3v) is 5.59. The van der Waals surface area contributed by atoms with Gasteiger partial charge in [-0.2, -0.15) is 12.6 Å². The highest BCUT2D eigenvalue weighted by atomic mass is 32.1. The molecule has 1 unspecified atom stereocenters. The Bertz CT molecular complexity index is 836. The van der Waals surface area contributed by atoms with Gasteiger partial charge in [0.1, 0.15) is 0 Å². The van der Waals surface area contributed by atoms with Crippen LogP contribution in [-0.2, 0) is 19.2 Å². The van der Waals surface area contributed by atoms with Crippen LogP contribution >= 0.6 is 12.6 Å². The van der Waals surface area contributed by atoms with Crippen LogP contribution in [0.3, 0.4) is 0 Å². The number of ketones is 1. The van der Waals surface area contributed by atoms with Crippen molar-refractivity contribution in [2.75, 3.05) is 11.1 Å². The molecule has 33 heavy (non-hydrogen) atoms. The summed E-state index contributed by atoms with van der Waals surface area (Å²) >= 11 is 4.03. The van der Waals surface area contributed by atoms with Crippen LogP contribution in [0, 0.1) is 17.8 Å². The number of aliphatic carboxylic acids is 1. The second-order valence-corrected chi connectivity index (χ2v) is 9.13. The summed E-state index contributed by atoms with van der Waals surface area (Å²) in [5.41, 5.74) is 1.41. The number of hydrogen-bond acceptors (Lipinski definition) is 5. The highest BCUT2D eigenvalue weighted by molar-refractivity contribution is 7.80. The summed E-state index contributed by atoms with van der Waals surface area (Å²) in [4.78, 5) is 48.6. The topological polar surface area (TPSA) is 113 Å². The molecule has 3 N–H and O–H groups in total. The van der Waals surface area contributed by atoms with Crippen molar-refractivity contribution in [3.05, 3.63) is 35.9 Å². The molecule has 0 saturated heterocycles.